The van der Waals surface area contributed by atoms with Gasteiger partial charge in [-0.2, -0.15) is 0 Å². The average molecular weight is 546 g/mol. The Kier molecular flexibility index (Phi) is 7.32. The third-order valence-corrected chi connectivity index (χ3v) is 8.20. The Bertz CT molecular complexity index is 1530. The van der Waals surface area contributed by atoms with Crippen molar-refractivity contribution in [2.24, 2.45) is 0 Å². The highest BCUT2D eigenvalue weighted by atomic mass is 35.5. The van der Waals surface area contributed by atoms with Crippen LogP contribution in [0.3, 0.4) is 0 Å². The van der Waals surface area contributed by atoms with Gasteiger partial charge in [0.05, 0.1) is 16.2 Å². The van der Waals surface area contributed by atoms with E-state index in [2.05, 4.69) is 69.4 Å². The summed E-state index contributed by atoms with van der Waals surface area (Å²) in [5.74, 6) is 0.105. The van der Waals surface area contributed by atoms with Crippen LogP contribution >= 0.6 is 11.6 Å². The van der Waals surface area contributed by atoms with Crippen LogP contribution in [0.1, 0.15) is 23.3 Å². The van der Waals surface area contributed by atoms with Crippen molar-refractivity contribution < 1.29 is 19.7 Å². The van der Waals surface area contributed by atoms with Gasteiger partial charge in [0.15, 0.2) is 0 Å². The molecule has 1 saturated heterocycles. The van der Waals surface area contributed by atoms with Crippen LogP contribution < -0.4 is 9.64 Å². The number of halogens is 1. The molecular weight excluding hydrogens is 514 g/mol. The predicted octanol–water partition coefficient (Wildman–Crippen LogP) is 4.80. The molecule has 0 amide bonds. The van der Waals surface area contributed by atoms with Gasteiger partial charge in [0.25, 0.3) is 0 Å². The highest BCUT2D eigenvalue weighted by molar-refractivity contribution is 6.35. The van der Waals surface area contributed by atoms with Crippen molar-refractivity contribution in [3.05, 3.63) is 83.5 Å². The number of aromatic nitrogens is 1. The maximum atomic E-state index is 12.0. The Morgan fingerprint density at radius 1 is 1.03 bits per heavy atom. The molecule has 0 saturated carbocycles. The summed E-state index contributed by atoms with van der Waals surface area (Å²) in [6.45, 7) is 1.81. The Morgan fingerprint density at radius 3 is 2.64 bits per heavy atom. The van der Waals surface area contributed by atoms with Gasteiger partial charge in [-0.05, 0) is 53.9 Å². The summed E-state index contributed by atoms with van der Waals surface area (Å²) in [6.07, 6.45) is 5.78. The number of hydrogen-bond donors (Lipinski definition) is 3. The lowest BCUT2D eigenvalue weighted by Crippen LogP contribution is -2.60. The lowest BCUT2D eigenvalue weighted by atomic mass is 9.96. The fourth-order valence-corrected chi connectivity index (χ4v) is 6.08. The van der Waals surface area contributed by atoms with Crippen molar-refractivity contribution in [3.8, 4) is 5.75 Å². The van der Waals surface area contributed by atoms with Crippen molar-refractivity contribution >= 4 is 44.7 Å². The average Bonchev–Trinajstić information content (AvgIpc) is 3.39. The number of fused-ring (bicyclic) bond motifs is 6. The van der Waals surface area contributed by atoms with Crippen LogP contribution in [0, 0.1) is 0 Å². The van der Waals surface area contributed by atoms with Crippen LogP contribution in [-0.2, 0) is 0 Å². The molecule has 3 atom stereocenters. The lowest BCUT2D eigenvalue weighted by Gasteiger charge is -2.48. The van der Waals surface area contributed by atoms with Gasteiger partial charge < -0.3 is 24.8 Å². The molecule has 4 aromatic rings. The van der Waals surface area contributed by atoms with E-state index in [1.807, 2.05) is 0 Å². The van der Waals surface area contributed by atoms with E-state index in [1.54, 1.807) is 18.2 Å². The highest BCUT2D eigenvalue weighted by Gasteiger charge is 2.35. The third-order valence-electron chi connectivity index (χ3n) is 7.88. The molecule has 3 N–H and O–H groups in total. The molecule has 0 radical (unpaired) electrons. The van der Waals surface area contributed by atoms with Crippen molar-refractivity contribution in [2.45, 2.75) is 31.0 Å². The topological polar surface area (TPSA) is 89.0 Å². The van der Waals surface area contributed by atoms with E-state index in [0.717, 1.165) is 25.9 Å². The summed E-state index contributed by atoms with van der Waals surface area (Å²) in [6, 6.07) is 20.9. The van der Waals surface area contributed by atoms with Crippen molar-refractivity contribution in [3.63, 3.8) is 0 Å². The van der Waals surface area contributed by atoms with E-state index in [-0.39, 0.29) is 18.3 Å². The van der Waals surface area contributed by atoms with E-state index >= 15 is 0 Å². The fourth-order valence-electron chi connectivity index (χ4n) is 5.87. The number of aliphatic hydroxyl groups is 2. The van der Waals surface area contributed by atoms with Crippen LogP contribution in [-0.4, -0.2) is 76.9 Å². The van der Waals surface area contributed by atoms with Gasteiger partial charge >= 0.3 is 0 Å². The molecule has 3 aliphatic heterocycles. The van der Waals surface area contributed by atoms with E-state index in [1.165, 1.54) is 16.5 Å². The Morgan fingerprint density at radius 2 is 1.82 bits per heavy atom. The number of nitrogens with one attached hydrogen (secondary N) is 1. The number of benzene rings is 3. The van der Waals surface area contributed by atoms with Gasteiger partial charge in [-0.25, -0.2) is 0 Å². The number of piperazine rings is 1. The number of carbonyl (C=O) groups excluding carboxylic acids is 1. The molecular formula is C31H32ClN3O4. The molecule has 1 fully saturated rings. The van der Waals surface area contributed by atoms with Crippen LogP contribution in [0.25, 0.3) is 21.7 Å². The number of nitrogens with zero attached hydrogens (tertiary/aromatic N) is 2. The predicted molar refractivity (Wildman–Crippen MR) is 155 cm³/mol. The lowest BCUT2D eigenvalue weighted by molar-refractivity contribution is 0.0409. The number of H-pyrrole nitrogens is 1. The molecule has 39 heavy (non-hydrogen) atoms. The monoisotopic (exact) mass is 545 g/mol. The smallest absolute Gasteiger partial charge is 0.204 e. The molecule has 2 bridgehead atoms. The number of anilines is 1. The molecule has 7 nitrogen and oxygen atoms in total. The summed E-state index contributed by atoms with van der Waals surface area (Å²) in [5, 5.41) is 23.8. The molecule has 202 valence electrons. The minimum Gasteiger partial charge on any atom is -0.490 e. The maximum absolute atomic E-state index is 12.0. The second kappa shape index (κ2) is 11.0. The summed E-state index contributed by atoms with van der Waals surface area (Å²) in [7, 11) is 0. The van der Waals surface area contributed by atoms with Gasteiger partial charge in [0.1, 0.15) is 25.1 Å². The second-order valence-corrected chi connectivity index (χ2v) is 10.9. The van der Waals surface area contributed by atoms with Crippen molar-refractivity contribution in [1.29, 1.82) is 0 Å². The van der Waals surface area contributed by atoms with Gasteiger partial charge in [0.2, 0.25) is 5.78 Å². The Balaban J connectivity index is 1.14. The van der Waals surface area contributed by atoms with Gasteiger partial charge in [-0.1, -0.05) is 54.1 Å². The minimum atomic E-state index is -0.688. The summed E-state index contributed by atoms with van der Waals surface area (Å²) in [4.78, 5) is 19.8. The number of carbonyl (C=O) groups is 1. The van der Waals surface area contributed by atoms with E-state index in [9.17, 15) is 15.0 Å². The number of ether oxygens (including phenoxy) is 1. The number of hydrogen-bond acceptors (Lipinski definition) is 6. The van der Waals surface area contributed by atoms with Crippen LogP contribution in [0.5, 0.6) is 5.75 Å². The standard InChI is InChI=1S/C31H32ClN3O4/c32-27-11-12-30(26-14-28(29(38)18-36)33-31(26)27)39-19-25(37)17-34-15-24-8-4-3-7-23(34)16-35(24)22-10-9-20-5-1-2-6-21(20)13-22/h1-6,9-14,23-25,33,36-37H,7-8,15-19H2/b4-3-/t23-,24-,25-/m0/s1. The molecule has 0 spiro atoms. The molecule has 0 aliphatic carbocycles. The largest absolute Gasteiger partial charge is 0.490 e. The van der Waals surface area contributed by atoms with Gasteiger partial charge in [-0.3, -0.25) is 9.69 Å². The first-order valence-corrected chi connectivity index (χ1v) is 13.8. The third kappa shape index (κ3) is 5.28. The quantitative estimate of drug-likeness (QED) is 0.218. The zero-order valence-corrected chi connectivity index (χ0v) is 22.3. The molecule has 7 rings (SSSR count). The van der Waals surface area contributed by atoms with E-state index in [4.69, 9.17) is 16.3 Å². The maximum Gasteiger partial charge on any atom is 0.204 e. The highest BCUT2D eigenvalue weighted by Crippen LogP contribution is 2.33. The second-order valence-electron chi connectivity index (χ2n) is 10.5. The Hall–Kier alpha value is -3.36. The molecule has 3 aliphatic rings. The summed E-state index contributed by atoms with van der Waals surface area (Å²) in [5.41, 5.74) is 2.09. The number of rotatable bonds is 8. The first-order chi connectivity index (χ1) is 19.0. The van der Waals surface area contributed by atoms with E-state index < -0.39 is 18.5 Å². The Labute approximate surface area is 232 Å². The van der Waals surface area contributed by atoms with Crippen molar-refractivity contribution in [1.82, 2.24) is 9.88 Å². The molecule has 8 heteroatoms. The summed E-state index contributed by atoms with van der Waals surface area (Å²) < 4.78 is 6.02. The minimum absolute atomic E-state index is 0.114. The molecule has 0 unspecified atom stereocenters. The van der Waals surface area contributed by atoms with Crippen molar-refractivity contribution in [2.75, 3.05) is 37.7 Å². The van der Waals surface area contributed by atoms with E-state index in [0.29, 0.717) is 34.3 Å². The molecule has 4 heterocycles. The SMILES string of the molecule is O=C(CO)c1cc2c(OC[C@@H](O)CN3C[C@@H]4C/C=C\C[C@H]3CN4c3ccc4ccccc4c3)ccc(Cl)c2[nH]1. The first-order valence-electron chi connectivity index (χ1n) is 13.4. The zero-order valence-electron chi connectivity index (χ0n) is 21.6. The van der Waals surface area contributed by atoms with Gasteiger partial charge in [-0.15, -0.1) is 0 Å². The number of Topliss-reactive ketones (excluding diaryl/α,β-unsaturated/α-hetero) is 1. The normalized spacial score (nSPS) is 21.2. The first kappa shape index (κ1) is 25.9. The molecule has 1 aromatic heterocycles. The number of aromatic amines is 1. The fraction of sp³-hybridized carbons (Fsp3) is 0.323. The van der Waals surface area contributed by atoms with Crippen LogP contribution in [0.2, 0.25) is 5.02 Å². The zero-order chi connectivity index (χ0) is 26.9. The number of ketones is 1. The summed E-state index contributed by atoms with van der Waals surface area (Å²) >= 11 is 6.31. The molecule has 3 aromatic carbocycles. The van der Waals surface area contributed by atoms with Gasteiger partial charge in [0, 0.05) is 42.8 Å². The van der Waals surface area contributed by atoms with Crippen LogP contribution in [0.15, 0.2) is 72.8 Å². The van der Waals surface area contributed by atoms with Crippen LogP contribution in [0.4, 0.5) is 5.69 Å². The number of aliphatic hydroxyl groups excluding tert-OH is 2.